The van der Waals surface area contributed by atoms with Crippen LogP contribution in [0, 0.1) is 5.82 Å². The Kier molecular flexibility index (Phi) is 5.16. The average molecular weight is 381 g/mol. The molecule has 1 aliphatic heterocycles. The third-order valence-corrected chi connectivity index (χ3v) is 5.67. The predicted octanol–water partition coefficient (Wildman–Crippen LogP) is 3.84. The second-order valence-electron chi connectivity index (χ2n) is 6.53. The molecular formula is C21H20FN3OS. The molecule has 1 aromatic heterocycles. The van der Waals surface area contributed by atoms with Crippen LogP contribution in [0.2, 0.25) is 0 Å². The molecule has 0 N–H and O–H groups in total. The van der Waals surface area contributed by atoms with Crippen molar-refractivity contribution >= 4 is 22.9 Å². The van der Waals surface area contributed by atoms with Crippen LogP contribution in [0.15, 0.2) is 60.0 Å². The zero-order valence-electron chi connectivity index (χ0n) is 14.8. The average Bonchev–Trinajstić information content (AvgIpc) is 3.18. The van der Waals surface area contributed by atoms with Gasteiger partial charge in [0.1, 0.15) is 10.8 Å². The number of aromatic nitrogens is 1. The third kappa shape index (κ3) is 4.17. The van der Waals surface area contributed by atoms with Crippen molar-refractivity contribution in [1.29, 1.82) is 0 Å². The zero-order valence-corrected chi connectivity index (χ0v) is 15.7. The van der Waals surface area contributed by atoms with Gasteiger partial charge in [-0.25, -0.2) is 9.37 Å². The van der Waals surface area contributed by atoms with Crippen molar-refractivity contribution in [2.75, 3.05) is 31.1 Å². The molecule has 1 saturated heterocycles. The summed E-state index contributed by atoms with van der Waals surface area (Å²) in [4.78, 5) is 21.3. The molecule has 2 heterocycles. The molecule has 0 saturated carbocycles. The Morgan fingerprint density at radius 3 is 2.41 bits per heavy atom. The molecule has 0 aliphatic carbocycles. The van der Waals surface area contributed by atoms with E-state index in [0.717, 1.165) is 35.0 Å². The zero-order chi connectivity index (χ0) is 18.6. The molecule has 27 heavy (non-hydrogen) atoms. The minimum Gasteiger partial charge on any atom is -0.368 e. The number of benzene rings is 2. The first-order valence-electron chi connectivity index (χ1n) is 8.97. The highest BCUT2D eigenvalue weighted by molar-refractivity contribution is 7.13. The summed E-state index contributed by atoms with van der Waals surface area (Å²) in [7, 11) is 0. The normalized spacial score (nSPS) is 14.4. The van der Waals surface area contributed by atoms with E-state index in [9.17, 15) is 9.18 Å². The van der Waals surface area contributed by atoms with E-state index in [1.54, 1.807) is 23.5 Å². The van der Waals surface area contributed by atoms with Gasteiger partial charge in [0.2, 0.25) is 5.91 Å². The minimum atomic E-state index is -0.231. The fourth-order valence-corrected chi connectivity index (χ4v) is 4.06. The Labute approximate surface area is 161 Å². The van der Waals surface area contributed by atoms with E-state index in [1.165, 1.54) is 12.1 Å². The van der Waals surface area contributed by atoms with Gasteiger partial charge in [-0.3, -0.25) is 4.79 Å². The number of hydrogen-bond acceptors (Lipinski definition) is 4. The molecule has 6 heteroatoms. The van der Waals surface area contributed by atoms with E-state index in [0.29, 0.717) is 19.5 Å². The highest BCUT2D eigenvalue weighted by Gasteiger charge is 2.22. The fourth-order valence-electron chi connectivity index (χ4n) is 3.23. The van der Waals surface area contributed by atoms with E-state index in [-0.39, 0.29) is 11.7 Å². The van der Waals surface area contributed by atoms with Crippen LogP contribution in [0.25, 0.3) is 10.6 Å². The molecule has 2 aromatic carbocycles. The summed E-state index contributed by atoms with van der Waals surface area (Å²) < 4.78 is 13.1. The number of nitrogens with zero attached hydrogens (tertiary/aromatic N) is 3. The maximum Gasteiger partial charge on any atom is 0.228 e. The predicted molar refractivity (Wildman–Crippen MR) is 106 cm³/mol. The first-order chi connectivity index (χ1) is 13.2. The van der Waals surface area contributed by atoms with Crippen LogP contribution < -0.4 is 4.90 Å². The monoisotopic (exact) mass is 381 g/mol. The summed E-state index contributed by atoms with van der Waals surface area (Å²) >= 11 is 1.57. The molecule has 138 valence electrons. The van der Waals surface area contributed by atoms with Gasteiger partial charge < -0.3 is 9.80 Å². The molecule has 0 atom stereocenters. The van der Waals surface area contributed by atoms with Crippen LogP contribution in [-0.2, 0) is 11.2 Å². The molecule has 0 bridgehead atoms. The summed E-state index contributed by atoms with van der Waals surface area (Å²) in [5, 5.41) is 2.91. The Bertz CT molecular complexity index is 903. The molecule has 0 unspecified atom stereocenters. The maximum atomic E-state index is 13.1. The number of thiazole rings is 1. The summed E-state index contributed by atoms with van der Waals surface area (Å²) in [5.41, 5.74) is 2.90. The molecule has 4 nitrogen and oxygen atoms in total. The molecule has 0 spiro atoms. The first kappa shape index (κ1) is 17.7. The largest absolute Gasteiger partial charge is 0.368 e. The lowest BCUT2D eigenvalue weighted by Gasteiger charge is -2.36. The van der Waals surface area contributed by atoms with Crippen molar-refractivity contribution in [2.24, 2.45) is 0 Å². The van der Waals surface area contributed by atoms with Gasteiger partial charge in [0.25, 0.3) is 0 Å². The van der Waals surface area contributed by atoms with Crippen molar-refractivity contribution in [2.45, 2.75) is 6.42 Å². The number of hydrogen-bond donors (Lipinski definition) is 0. The third-order valence-electron chi connectivity index (χ3n) is 4.73. The van der Waals surface area contributed by atoms with Crippen LogP contribution in [0.5, 0.6) is 0 Å². The van der Waals surface area contributed by atoms with Crippen molar-refractivity contribution in [1.82, 2.24) is 9.88 Å². The Hall–Kier alpha value is -2.73. The SMILES string of the molecule is O=C(Cc1csc(-c2ccccc2)n1)N1CCN(c2ccc(F)cc2)CC1. The van der Waals surface area contributed by atoms with Crippen molar-refractivity contribution in [3.8, 4) is 10.6 Å². The summed E-state index contributed by atoms with van der Waals surface area (Å²) in [6.07, 6.45) is 0.333. The Balaban J connectivity index is 1.33. The Morgan fingerprint density at radius 1 is 1.00 bits per heavy atom. The van der Waals surface area contributed by atoms with E-state index in [2.05, 4.69) is 9.88 Å². The lowest BCUT2D eigenvalue weighted by Crippen LogP contribution is -2.49. The fraction of sp³-hybridized carbons (Fsp3) is 0.238. The number of carbonyl (C=O) groups excluding carboxylic acids is 1. The maximum absolute atomic E-state index is 13.1. The molecule has 0 radical (unpaired) electrons. The second-order valence-corrected chi connectivity index (χ2v) is 7.39. The molecule has 3 aromatic rings. The van der Waals surface area contributed by atoms with E-state index >= 15 is 0 Å². The molecule has 4 rings (SSSR count). The number of carbonyl (C=O) groups is 1. The number of rotatable bonds is 4. The summed E-state index contributed by atoms with van der Waals surface area (Å²) in [6, 6.07) is 16.5. The quantitative estimate of drug-likeness (QED) is 0.689. The molecular weight excluding hydrogens is 361 g/mol. The van der Waals surface area contributed by atoms with Crippen molar-refractivity contribution < 1.29 is 9.18 Å². The smallest absolute Gasteiger partial charge is 0.228 e. The van der Waals surface area contributed by atoms with Crippen LogP contribution in [0.4, 0.5) is 10.1 Å². The van der Waals surface area contributed by atoms with Gasteiger partial charge >= 0.3 is 0 Å². The number of anilines is 1. The van der Waals surface area contributed by atoms with E-state index < -0.39 is 0 Å². The number of piperazine rings is 1. The van der Waals surface area contributed by atoms with Gasteiger partial charge in [0.15, 0.2) is 0 Å². The molecule has 1 amide bonds. The van der Waals surface area contributed by atoms with Gasteiger partial charge in [0, 0.05) is 42.8 Å². The summed E-state index contributed by atoms with van der Waals surface area (Å²) in [5.74, 6) is -0.121. The van der Waals surface area contributed by atoms with Gasteiger partial charge in [-0.2, -0.15) is 0 Å². The summed E-state index contributed by atoms with van der Waals surface area (Å²) in [6.45, 7) is 2.85. The molecule has 1 aliphatic rings. The van der Waals surface area contributed by atoms with Crippen LogP contribution in [0.1, 0.15) is 5.69 Å². The second kappa shape index (κ2) is 7.88. The molecule has 1 fully saturated rings. The van der Waals surface area contributed by atoms with Gasteiger partial charge in [0.05, 0.1) is 12.1 Å². The van der Waals surface area contributed by atoms with Crippen LogP contribution in [0.3, 0.4) is 0 Å². The highest BCUT2D eigenvalue weighted by atomic mass is 32.1. The number of amides is 1. The van der Waals surface area contributed by atoms with E-state index in [1.807, 2.05) is 40.6 Å². The minimum absolute atomic E-state index is 0.110. The van der Waals surface area contributed by atoms with Crippen LogP contribution >= 0.6 is 11.3 Å². The van der Waals surface area contributed by atoms with Gasteiger partial charge in [-0.1, -0.05) is 30.3 Å². The lowest BCUT2D eigenvalue weighted by molar-refractivity contribution is -0.130. The van der Waals surface area contributed by atoms with Crippen molar-refractivity contribution in [3.63, 3.8) is 0 Å². The Morgan fingerprint density at radius 2 is 1.70 bits per heavy atom. The number of halogens is 1. The standard InChI is InChI=1S/C21H20FN3OS/c22-17-6-8-19(9-7-17)24-10-12-25(13-11-24)20(26)14-18-15-27-21(23-18)16-4-2-1-3-5-16/h1-9,15H,10-14H2. The van der Waals surface area contributed by atoms with Gasteiger partial charge in [-0.05, 0) is 24.3 Å². The van der Waals surface area contributed by atoms with Crippen molar-refractivity contribution in [3.05, 3.63) is 71.5 Å². The van der Waals surface area contributed by atoms with Gasteiger partial charge in [-0.15, -0.1) is 11.3 Å². The lowest BCUT2D eigenvalue weighted by atomic mass is 10.2. The first-order valence-corrected chi connectivity index (χ1v) is 9.85. The highest BCUT2D eigenvalue weighted by Crippen LogP contribution is 2.24. The van der Waals surface area contributed by atoms with E-state index in [4.69, 9.17) is 0 Å². The topological polar surface area (TPSA) is 36.4 Å². The van der Waals surface area contributed by atoms with Crippen LogP contribution in [-0.4, -0.2) is 42.0 Å².